The molecule has 27 heavy (non-hydrogen) atoms. The van der Waals surface area contributed by atoms with Gasteiger partial charge >= 0.3 is 12.1 Å². The van der Waals surface area contributed by atoms with Crippen molar-refractivity contribution in [3.8, 4) is 0 Å². The van der Waals surface area contributed by atoms with Crippen molar-refractivity contribution in [3.63, 3.8) is 0 Å². The summed E-state index contributed by atoms with van der Waals surface area (Å²) in [7, 11) is 2.09. The Morgan fingerprint density at radius 3 is 2.59 bits per heavy atom. The molecule has 2 rings (SSSR count). The summed E-state index contributed by atoms with van der Waals surface area (Å²) in [6.07, 6.45) is 1.21. The maximum Gasteiger partial charge on any atom is 0.409 e. The molecule has 3 amide bonds. The van der Waals surface area contributed by atoms with E-state index >= 15 is 0 Å². The Bertz CT molecular complexity index is 615. The van der Waals surface area contributed by atoms with Crippen LogP contribution in [0.4, 0.5) is 9.59 Å². The first kappa shape index (κ1) is 21.0. The predicted molar refractivity (Wildman–Crippen MR) is 105 cm³/mol. The lowest BCUT2D eigenvalue weighted by Gasteiger charge is -2.31. The van der Waals surface area contributed by atoms with Crippen LogP contribution in [-0.2, 0) is 17.8 Å². The van der Waals surface area contributed by atoms with Crippen LogP contribution in [0.1, 0.15) is 37.8 Å². The maximum absolute atomic E-state index is 12.2. The van der Waals surface area contributed by atoms with Gasteiger partial charge in [-0.3, -0.25) is 0 Å². The number of carbonyl (C=O) groups is 2. The van der Waals surface area contributed by atoms with Crippen LogP contribution in [0.2, 0.25) is 0 Å². The predicted octanol–water partition coefficient (Wildman–Crippen LogP) is 2.56. The second kappa shape index (κ2) is 10.8. The van der Waals surface area contributed by atoms with Crippen LogP contribution in [0, 0.1) is 0 Å². The Balaban J connectivity index is 1.72. The van der Waals surface area contributed by atoms with E-state index in [2.05, 4.69) is 41.6 Å². The van der Waals surface area contributed by atoms with Gasteiger partial charge in [0.25, 0.3) is 0 Å². The lowest BCUT2D eigenvalue weighted by Crippen LogP contribution is -2.49. The Hall–Kier alpha value is -2.28. The highest BCUT2D eigenvalue weighted by Crippen LogP contribution is 2.12. The van der Waals surface area contributed by atoms with Crippen molar-refractivity contribution in [2.45, 2.75) is 45.8 Å². The highest BCUT2D eigenvalue weighted by atomic mass is 16.6. The Morgan fingerprint density at radius 2 is 1.93 bits per heavy atom. The van der Waals surface area contributed by atoms with Gasteiger partial charge in [0, 0.05) is 32.2 Å². The van der Waals surface area contributed by atoms with Gasteiger partial charge in [0.1, 0.15) is 0 Å². The number of hydrogen-bond acceptors (Lipinski definition) is 4. The lowest BCUT2D eigenvalue weighted by molar-refractivity contribution is 0.0957. The summed E-state index contributed by atoms with van der Waals surface area (Å²) in [6, 6.07) is 8.20. The van der Waals surface area contributed by atoms with Gasteiger partial charge < -0.3 is 25.2 Å². The van der Waals surface area contributed by atoms with Crippen LogP contribution in [0.15, 0.2) is 24.3 Å². The fraction of sp³-hybridized carbons (Fsp3) is 0.600. The maximum atomic E-state index is 12.2. The van der Waals surface area contributed by atoms with Gasteiger partial charge in [0.2, 0.25) is 0 Å². The minimum Gasteiger partial charge on any atom is -0.450 e. The van der Waals surface area contributed by atoms with Gasteiger partial charge in [0.05, 0.1) is 6.61 Å². The third-order valence-corrected chi connectivity index (χ3v) is 4.79. The zero-order chi connectivity index (χ0) is 19.6. The van der Waals surface area contributed by atoms with Crippen molar-refractivity contribution >= 4 is 12.1 Å². The molecule has 1 aliphatic rings. The minimum absolute atomic E-state index is 0.0835. The molecule has 2 N–H and O–H groups in total. The molecule has 0 bridgehead atoms. The number of urea groups is 1. The third-order valence-electron chi connectivity index (χ3n) is 4.79. The number of likely N-dealkylation sites (tertiary alicyclic amines) is 1. The van der Waals surface area contributed by atoms with Gasteiger partial charge in [-0.1, -0.05) is 31.2 Å². The summed E-state index contributed by atoms with van der Waals surface area (Å²) in [5.41, 5.74) is 2.33. The minimum atomic E-state index is -0.269. The standard InChI is InChI=1S/C20H32N4O3/c1-4-23(3)15-17-8-6-7-16(13-17)14-21-19(25)22-18-9-11-24(12-10-18)20(26)27-5-2/h6-8,13,18H,4-5,9-12,14-15H2,1-3H3,(H2,21,22,25). The van der Waals surface area contributed by atoms with Crippen molar-refractivity contribution in [3.05, 3.63) is 35.4 Å². The van der Waals surface area contributed by atoms with Crippen molar-refractivity contribution in [1.82, 2.24) is 20.4 Å². The number of ether oxygens (including phenoxy) is 1. The third kappa shape index (κ3) is 7.09. The van der Waals surface area contributed by atoms with Crippen LogP contribution in [0.3, 0.4) is 0 Å². The van der Waals surface area contributed by atoms with E-state index in [1.165, 1.54) is 5.56 Å². The smallest absolute Gasteiger partial charge is 0.409 e. The second-order valence-electron chi connectivity index (χ2n) is 6.94. The van der Waals surface area contributed by atoms with E-state index in [1.54, 1.807) is 11.8 Å². The molecule has 1 heterocycles. The highest BCUT2D eigenvalue weighted by molar-refractivity contribution is 5.74. The lowest BCUT2D eigenvalue weighted by atomic mass is 10.1. The van der Waals surface area contributed by atoms with E-state index in [0.717, 1.165) is 31.5 Å². The number of rotatable bonds is 7. The van der Waals surface area contributed by atoms with E-state index in [0.29, 0.717) is 26.2 Å². The van der Waals surface area contributed by atoms with Crippen LogP contribution < -0.4 is 10.6 Å². The quantitative estimate of drug-likeness (QED) is 0.767. The fourth-order valence-electron chi connectivity index (χ4n) is 3.10. The summed E-state index contributed by atoms with van der Waals surface area (Å²) in [6.45, 7) is 7.93. The van der Waals surface area contributed by atoms with Crippen molar-refractivity contribution < 1.29 is 14.3 Å². The molecule has 150 valence electrons. The summed E-state index contributed by atoms with van der Waals surface area (Å²) in [4.78, 5) is 27.8. The number of benzene rings is 1. The summed E-state index contributed by atoms with van der Waals surface area (Å²) < 4.78 is 5.01. The average Bonchev–Trinajstić information content (AvgIpc) is 2.67. The molecular weight excluding hydrogens is 344 g/mol. The molecule has 1 aliphatic heterocycles. The molecule has 7 nitrogen and oxygen atoms in total. The molecule has 0 aromatic heterocycles. The van der Waals surface area contributed by atoms with Crippen LogP contribution >= 0.6 is 0 Å². The monoisotopic (exact) mass is 376 g/mol. The van der Waals surface area contributed by atoms with Gasteiger partial charge in [-0.15, -0.1) is 0 Å². The van der Waals surface area contributed by atoms with E-state index in [-0.39, 0.29) is 18.2 Å². The SMILES string of the molecule is CCOC(=O)N1CCC(NC(=O)NCc2cccc(CN(C)CC)c2)CC1. The van der Waals surface area contributed by atoms with Gasteiger partial charge in [-0.05, 0) is 44.5 Å². The number of nitrogens with zero attached hydrogens (tertiary/aromatic N) is 2. The first-order valence-corrected chi connectivity index (χ1v) is 9.74. The Labute approximate surface area is 162 Å². The molecular formula is C20H32N4O3. The molecule has 1 fully saturated rings. The van der Waals surface area contributed by atoms with Crippen molar-refractivity contribution in [2.75, 3.05) is 33.3 Å². The van der Waals surface area contributed by atoms with Crippen LogP contribution in [0.25, 0.3) is 0 Å². The molecule has 0 spiro atoms. The molecule has 0 saturated carbocycles. The van der Waals surface area contributed by atoms with Crippen molar-refractivity contribution in [2.24, 2.45) is 0 Å². The fourth-order valence-corrected chi connectivity index (χ4v) is 3.10. The molecule has 1 aromatic rings. The number of carbonyl (C=O) groups excluding carboxylic acids is 2. The van der Waals surface area contributed by atoms with E-state index in [4.69, 9.17) is 4.74 Å². The zero-order valence-electron chi connectivity index (χ0n) is 16.7. The van der Waals surface area contributed by atoms with E-state index < -0.39 is 0 Å². The summed E-state index contributed by atoms with van der Waals surface area (Å²) in [5.74, 6) is 0. The van der Waals surface area contributed by atoms with Gasteiger partial charge in [0.15, 0.2) is 0 Å². The number of nitrogens with one attached hydrogen (secondary N) is 2. The molecule has 0 unspecified atom stereocenters. The van der Waals surface area contributed by atoms with E-state index in [1.807, 2.05) is 12.1 Å². The normalized spacial score (nSPS) is 14.9. The molecule has 1 aromatic carbocycles. The molecule has 0 aliphatic carbocycles. The first-order valence-electron chi connectivity index (χ1n) is 9.74. The summed E-state index contributed by atoms with van der Waals surface area (Å²) in [5, 5.41) is 5.93. The molecule has 0 radical (unpaired) electrons. The first-order chi connectivity index (χ1) is 13.0. The highest BCUT2D eigenvalue weighted by Gasteiger charge is 2.24. The molecule has 7 heteroatoms. The molecule has 0 atom stereocenters. The Morgan fingerprint density at radius 1 is 1.22 bits per heavy atom. The van der Waals surface area contributed by atoms with Crippen LogP contribution in [-0.4, -0.2) is 61.3 Å². The molecule has 1 saturated heterocycles. The topological polar surface area (TPSA) is 73.9 Å². The Kier molecular flexibility index (Phi) is 8.39. The average molecular weight is 377 g/mol. The summed E-state index contributed by atoms with van der Waals surface area (Å²) >= 11 is 0. The van der Waals surface area contributed by atoms with Crippen molar-refractivity contribution in [1.29, 1.82) is 0 Å². The van der Waals surface area contributed by atoms with E-state index in [9.17, 15) is 9.59 Å². The number of amides is 3. The van der Waals surface area contributed by atoms with Gasteiger partial charge in [-0.2, -0.15) is 0 Å². The second-order valence-corrected chi connectivity index (χ2v) is 6.94. The van der Waals surface area contributed by atoms with Gasteiger partial charge in [-0.25, -0.2) is 9.59 Å². The zero-order valence-corrected chi connectivity index (χ0v) is 16.7. The number of hydrogen-bond donors (Lipinski definition) is 2. The largest absolute Gasteiger partial charge is 0.450 e. The number of piperidine rings is 1. The van der Waals surface area contributed by atoms with Crippen LogP contribution in [0.5, 0.6) is 0 Å².